The first kappa shape index (κ1) is 17.7. The Morgan fingerprint density at radius 3 is 2.64 bits per heavy atom. The van der Waals surface area contributed by atoms with E-state index >= 15 is 0 Å². The average Bonchev–Trinajstić information content (AvgIpc) is 2.56. The molecule has 0 bridgehead atoms. The third-order valence-electron chi connectivity index (χ3n) is 3.89. The number of benzene rings is 2. The van der Waals surface area contributed by atoms with Crippen LogP contribution in [0.4, 0.5) is 0 Å². The van der Waals surface area contributed by atoms with Crippen molar-refractivity contribution in [3.05, 3.63) is 75.0 Å². The van der Waals surface area contributed by atoms with Gasteiger partial charge >= 0.3 is 0 Å². The minimum atomic E-state index is -3.72. The van der Waals surface area contributed by atoms with Crippen molar-refractivity contribution in [3.63, 3.8) is 0 Å². The molecule has 0 aliphatic carbocycles. The molecule has 0 saturated carbocycles. The molecule has 2 aromatic carbocycles. The second-order valence-electron chi connectivity index (χ2n) is 5.79. The van der Waals surface area contributed by atoms with Crippen molar-refractivity contribution >= 4 is 32.5 Å². The van der Waals surface area contributed by atoms with Crippen LogP contribution in [0.25, 0.3) is 10.9 Å². The van der Waals surface area contributed by atoms with Crippen LogP contribution in [0.5, 0.6) is 0 Å². The maximum absolute atomic E-state index is 12.3. The molecule has 25 heavy (non-hydrogen) atoms. The molecule has 1 heterocycles. The van der Waals surface area contributed by atoms with Gasteiger partial charge in [-0.25, -0.2) is 13.1 Å². The van der Waals surface area contributed by atoms with Gasteiger partial charge in [0, 0.05) is 17.6 Å². The molecular formula is C18H17ClN2O3S. The highest BCUT2D eigenvalue weighted by Crippen LogP contribution is 2.20. The Labute approximate surface area is 150 Å². The van der Waals surface area contributed by atoms with Crippen molar-refractivity contribution in [1.29, 1.82) is 0 Å². The number of nitrogens with one attached hydrogen (secondary N) is 2. The number of fused-ring (bicyclic) bond motifs is 1. The van der Waals surface area contributed by atoms with Crippen LogP contribution in [-0.2, 0) is 16.4 Å². The topological polar surface area (TPSA) is 79.0 Å². The quantitative estimate of drug-likeness (QED) is 0.718. The fourth-order valence-corrected chi connectivity index (χ4v) is 4.17. The first-order valence-corrected chi connectivity index (χ1v) is 9.60. The highest BCUT2D eigenvalue weighted by Gasteiger charge is 2.16. The molecule has 0 saturated heterocycles. The molecule has 0 aliphatic rings. The zero-order chi connectivity index (χ0) is 18.0. The molecule has 1 aromatic heterocycles. The minimum Gasteiger partial charge on any atom is -0.322 e. The first-order valence-electron chi connectivity index (χ1n) is 7.73. The minimum absolute atomic E-state index is 0.0275. The number of sulfonamides is 1. The van der Waals surface area contributed by atoms with E-state index in [1.54, 1.807) is 18.2 Å². The van der Waals surface area contributed by atoms with Gasteiger partial charge in [-0.2, -0.15) is 0 Å². The molecular weight excluding hydrogens is 360 g/mol. The molecule has 7 heteroatoms. The molecule has 0 fully saturated rings. The van der Waals surface area contributed by atoms with Crippen molar-refractivity contribution in [1.82, 2.24) is 9.71 Å². The molecule has 130 valence electrons. The molecule has 3 aromatic rings. The lowest BCUT2D eigenvalue weighted by molar-refractivity contribution is 0.581. The van der Waals surface area contributed by atoms with Gasteiger partial charge in [-0.05, 0) is 49.1 Å². The van der Waals surface area contributed by atoms with Crippen LogP contribution in [0.2, 0.25) is 5.02 Å². The Morgan fingerprint density at radius 1 is 1.12 bits per heavy atom. The van der Waals surface area contributed by atoms with Gasteiger partial charge in [0.1, 0.15) is 4.90 Å². The van der Waals surface area contributed by atoms with Crippen LogP contribution in [0.3, 0.4) is 0 Å². The van der Waals surface area contributed by atoms with Gasteiger partial charge in [0.05, 0.1) is 5.02 Å². The summed E-state index contributed by atoms with van der Waals surface area (Å²) in [7, 11) is -3.72. The summed E-state index contributed by atoms with van der Waals surface area (Å²) in [6.45, 7) is 2.08. The molecule has 2 N–H and O–H groups in total. The van der Waals surface area contributed by atoms with Crippen LogP contribution >= 0.6 is 11.6 Å². The van der Waals surface area contributed by atoms with E-state index in [1.807, 2.05) is 25.1 Å². The van der Waals surface area contributed by atoms with Gasteiger partial charge in [-0.3, -0.25) is 4.79 Å². The lowest BCUT2D eigenvalue weighted by Crippen LogP contribution is -2.27. The van der Waals surface area contributed by atoms with Crippen molar-refractivity contribution < 1.29 is 8.42 Å². The number of aryl methyl sites for hydroxylation is 1. The van der Waals surface area contributed by atoms with Crippen molar-refractivity contribution in [3.8, 4) is 0 Å². The Morgan fingerprint density at radius 2 is 1.88 bits per heavy atom. The number of H-pyrrole nitrogens is 1. The van der Waals surface area contributed by atoms with E-state index in [1.165, 1.54) is 12.1 Å². The number of rotatable bonds is 5. The fourth-order valence-electron chi connectivity index (χ4n) is 2.62. The molecule has 0 aliphatic heterocycles. The molecule has 0 unspecified atom stereocenters. The predicted molar refractivity (Wildman–Crippen MR) is 99.7 cm³/mol. The lowest BCUT2D eigenvalue weighted by Gasteiger charge is -2.08. The standard InChI is InChI=1S/C18H17ClN2O3S/c1-12-6-7-16-14(10-12)11-13(18(22)21-16)8-9-20-25(23,24)17-5-3-2-4-15(17)19/h2-7,10-11,20H,8-9H2,1H3,(H,21,22). The number of hydrogen-bond donors (Lipinski definition) is 2. The third kappa shape index (κ3) is 3.92. The smallest absolute Gasteiger partial charge is 0.251 e. The number of pyridine rings is 1. The summed E-state index contributed by atoms with van der Waals surface area (Å²) in [5, 5.41) is 1.08. The van der Waals surface area contributed by atoms with Crippen LogP contribution in [-0.4, -0.2) is 19.9 Å². The van der Waals surface area contributed by atoms with Crippen molar-refractivity contribution in [2.75, 3.05) is 6.54 Å². The fraction of sp³-hybridized carbons (Fsp3) is 0.167. The summed E-state index contributed by atoms with van der Waals surface area (Å²) in [6.07, 6.45) is 0.281. The van der Waals surface area contributed by atoms with E-state index < -0.39 is 10.0 Å². The highest BCUT2D eigenvalue weighted by molar-refractivity contribution is 7.89. The normalized spacial score (nSPS) is 11.8. The third-order valence-corrected chi connectivity index (χ3v) is 5.85. The molecule has 0 spiro atoms. The second kappa shape index (κ2) is 7.00. The number of aromatic amines is 1. The number of aromatic nitrogens is 1. The molecule has 0 atom stereocenters. The first-order chi connectivity index (χ1) is 11.9. The van der Waals surface area contributed by atoms with Gasteiger partial charge in [-0.15, -0.1) is 0 Å². The summed E-state index contributed by atoms with van der Waals surface area (Å²) < 4.78 is 27.1. The Bertz CT molecular complexity index is 1090. The monoisotopic (exact) mass is 376 g/mol. The van der Waals surface area contributed by atoms with Gasteiger partial charge in [0.2, 0.25) is 10.0 Å². The zero-order valence-corrected chi connectivity index (χ0v) is 15.1. The van der Waals surface area contributed by atoms with Crippen molar-refractivity contribution in [2.45, 2.75) is 18.2 Å². The summed E-state index contributed by atoms with van der Waals surface area (Å²) in [4.78, 5) is 15.0. The molecule has 5 nitrogen and oxygen atoms in total. The Balaban J connectivity index is 1.78. The lowest BCUT2D eigenvalue weighted by atomic mass is 10.1. The van der Waals surface area contributed by atoms with Crippen LogP contribution in [0.1, 0.15) is 11.1 Å². The van der Waals surface area contributed by atoms with Crippen LogP contribution in [0.15, 0.2) is 58.2 Å². The predicted octanol–water partition coefficient (Wildman–Crippen LogP) is 3.01. The second-order valence-corrected chi connectivity index (χ2v) is 7.94. The zero-order valence-electron chi connectivity index (χ0n) is 13.5. The van der Waals surface area contributed by atoms with Crippen molar-refractivity contribution in [2.24, 2.45) is 0 Å². The van der Waals surface area contributed by atoms with E-state index in [4.69, 9.17) is 11.6 Å². The van der Waals surface area contributed by atoms with Crippen LogP contribution < -0.4 is 10.3 Å². The van der Waals surface area contributed by atoms with E-state index in [0.717, 1.165) is 16.5 Å². The maximum atomic E-state index is 12.3. The summed E-state index contributed by atoms with van der Waals surface area (Å²) in [5.74, 6) is 0. The maximum Gasteiger partial charge on any atom is 0.251 e. The molecule has 3 rings (SSSR count). The summed E-state index contributed by atoms with van der Waals surface area (Å²) >= 11 is 5.94. The molecule has 0 radical (unpaired) electrons. The average molecular weight is 377 g/mol. The molecule has 0 amide bonds. The Hall–Kier alpha value is -2.15. The Kier molecular flexibility index (Phi) is 4.94. The summed E-state index contributed by atoms with van der Waals surface area (Å²) in [6, 6.07) is 13.8. The van der Waals surface area contributed by atoms with Crippen LogP contribution in [0, 0.1) is 6.92 Å². The number of hydrogen-bond acceptors (Lipinski definition) is 3. The van der Waals surface area contributed by atoms with Gasteiger partial charge in [0.15, 0.2) is 0 Å². The summed E-state index contributed by atoms with van der Waals surface area (Å²) in [5.41, 5.74) is 2.16. The van der Waals surface area contributed by atoms with E-state index in [2.05, 4.69) is 9.71 Å². The highest BCUT2D eigenvalue weighted by atomic mass is 35.5. The van der Waals surface area contributed by atoms with E-state index in [9.17, 15) is 13.2 Å². The SMILES string of the molecule is Cc1ccc2[nH]c(=O)c(CCNS(=O)(=O)c3ccccc3Cl)cc2c1. The number of halogens is 1. The largest absolute Gasteiger partial charge is 0.322 e. The van der Waals surface area contributed by atoms with E-state index in [-0.39, 0.29) is 28.4 Å². The van der Waals surface area contributed by atoms with Gasteiger partial charge in [0.25, 0.3) is 5.56 Å². The van der Waals surface area contributed by atoms with E-state index in [0.29, 0.717) is 5.56 Å². The van der Waals surface area contributed by atoms with Gasteiger partial charge < -0.3 is 4.98 Å². The van der Waals surface area contributed by atoms with Gasteiger partial charge in [-0.1, -0.05) is 35.4 Å².